The van der Waals surface area contributed by atoms with E-state index in [9.17, 15) is 18.0 Å². The second-order valence-corrected chi connectivity index (χ2v) is 12.9. The van der Waals surface area contributed by atoms with Crippen molar-refractivity contribution in [2.45, 2.75) is 76.9 Å². The van der Waals surface area contributed by atoms with Gasteiger partial charge >= 0.3 is 0 Å². The van der Waals surface area contributed by atoms with Gasteiger partial charge in [-0.2, -0.15) is 0 Å². The molecule has 4 rings (SSSR count). The van der Waals surface area contributed by atoms with Crippen LogP contribution in [0, 0.1) is 20.8 Å². The molecule has 1 fully saturated rings. The van der Waals surface area contributed by atoms with Crippen LogP contribution < -0.4 is 14.4 Å². The number of sulfonamides is 1. The Hall–Kier alpha value is -3.85. The summed E-state index contributed by atoms with van der Waals surface area (Å²) in [5.74, 6) is -0.108. The molecule has 3 aromatic rings. The number of nitrogens with zero attached hydrogens (tertiary/aromatic N) is 2. The molecule has 0 radical (unpaired) electrons. The van der Waals surface area contributed by atoms with E-state index in [0.717, 1.165) is 47.9 Å². The molecular weight excluding hydrogens is 550 g/mol. The van der Waals surface area contributed by atoms with E-state index in [0.29, 0.717) is 11.4 Å². The van der Waals surface area contributed by atoms with Crippen LogP contribution in [0.25, 0.3) is 0 Å². The van der Waals surface area contributed by atoms with E-state index in [2.05, 4.69) is 5.32 Å². The molecule has 224 valence electrons. The highest BCUT2D eigenvalue weighted by molar-refractivity contribution is 7.92. The third kappa shape index (κ3) is 7.13. The van der Waals surface area contributed by atoms with Gasteiger partial charge in [-0.25, -0.2) is 8.42 Å². The molecule has 42 heavy (non-hydrogen) atoms. The van der Waals surface area contributed by atoms with E-state index in [1.165, 1.54) is 9.21 Å². The van der Waals surface area contributed by atoms with Crippen LogP contribution in [0.5, 0.6) is 5.75 Å². The molecule has 0 spiro atoms. The van der Waals surface area contributed by atoms with E-state index in [1.807, 2.05) is 51.1 Å². The lowest BCUT2D eigenvalue weighted by molar-refractivity contribution is -0.139. The number of rotatable bonds is 11. The van der Waals surface area contributed by atoms with Crippen molar-refractivity contribution in [3.05, 3.63) is 89.0 Å². The number of anilines is 1. The fourth-order valence-electron chi connectivity index (χ4n) is 5.30. The van der Waals surface area contributed by atoms with Gasteiger partial charge in [-0.05, 0) is 87.6 Å². The summed E-state index contributed by atoms with van der Waals surface area (Å²) in [5.41, 5.74) is 3.78. The van der Waals surface area contributed by atoms with Crippen molar-refractivity contribution < 1.29 is 22.7 Å². The second kappa shape index (κ2) is 13.4. The summed E-state index contributed by atoms with van der Waals surface area (Å²) in [6.45, 7) is 6.97. The lowest BCUT2D eigenvalue weighted by Crippen LogP contribution is -2.52. The van der Waals surface area contributed by atoms with Crippen LogP contribution in [0.2, 0.25) is 0 Å². The van der Waals surface area contributed by atoms with Gasteiger partial charge in [0.2, 0.25) is 11.8 Å². The highest BCUT2D eigenvalue weighted by atomic mass is 32.2. The van der Waals surface area contributed by atoms with Crippen LogP contribution in [0.3, 0.4) is 0 Å². The normalized spacial score (nSPS) is 14.3. The number of carbonyl (C=O) groups excluding carboxylic acids is 2. The molecule has 2 amide bonds. The summed E-state index contributed by atoms with van der Waals surface area (Å²) in [7, 11) is -2.55. The topological polar surface area (TPSA) is 96.0 Å². The molecule has 1 N–H and O–H groups in total. The van der Waals surface area contributed by atoms with E-state index in [4.69, 9.17) is 4.74 Å². The van der Waals surface area contributed by atoms with Gasteiger partial charge in [-0.15, -0.1) is 0 Å². The minimum Gasteiger partial charge on any atom is -0.497 e. The number of methoxy groups -OCH3 is 1. The quantitative estimate of drug-likeness (QED) is 0.327. The molecule has 0 saturated heterocycles. The standard InChI is InChI=1S/C33H41N3O5S/c1-23-16-18-30(19-17-23)42(39,40)36(31-15-8-10-24(2)25(31)3)22-32(37)35(21-27-11-9-14-29(20-27)41-5)26(4)33(38)34-28-12-6-7-13-28/h8-11,14-20,26,28H,6-7,12-13,21-22H2,1-5H3,(H,34,38). The highest BCUT2D eigenvalue weighted by Gasteiger charge is 2.34. The number of aryl methyl sites for hydroxylation is 2. The smallest absolute Gasteiger partial charge is 0.264 e. The second-order valence-electron chi connectivity index (χ2n) is 11.1. The van der Waals surface area contributed by atoms with Gasteiger partial charge in [-0.3, -0.25) is 13.9 Å². The lowest BCUT2D eigenvalue weighted by atomic mass is 10.1. The average molecular weight is 592 g/mol. The Morgan fingerprint density at radius 3 is 2.31 bits per heavy atom. The summed E-state index contributed by atoms with van der Waals surface area (Å²) in [6, 6.07) is 18.5. The predicted octanol–water partition coefficient (Wildman–Crippen LogP) is 5.29. The maximum Gasteiger partial charge on any atom is 0.264 e. The first-order valence-corrected chi connectivity index (χ1v) is 15.8. The Bertz CT molecular complexity index is 1510. The summed E-state index contributed by atoms with van der Waals surface area (Å²) in [6.07, 6.45) is 3.95. The molecule has 1 aliphatic carbocycles. The number of amides is 2. The fraction of sp³-hybridized carbons (Fsp3) is 0.394. The predicted molar refractivity (Wildman–Crippen MR) is 165 cm³/mol. The molecular formula is C33H41N3O5S. The lowest BCUT2D eigenvalue weighted by Gasteiger charge is -2.33. The van der Waals surface area contributed by atoms with Crippen molar-refractivity contribution in [3.63, 3.8) is 0 Å². The van der Waals surface area contributed by atoms with Crippen LogP contribution in [0.15, 0.2) is 71.6 Å². The van der Waals surface area contributed by atoms with Crippen molar-refractivity contribution >= 4 is 27.5 Å². The fourth-order valence-corrected chi connectivity index (χ4v) is 6.77. The first-order chi connectivity index (χ1) is 20.0. The zero-order valence-electron chi connectivity index (χ0n) is 25.1. The van der Waals surface area contributed by atoms with Crippen LogP contribution in [0.1, 0.15) is 54.9 Å². The molecule has 0 bridgehead atoms. The van der Waals surface area contributed by atoms with Crippen LogP contribution in [-0.4, -0.2) is 50.9 Å². The number of hydrogen-bond acceptors (Lipinski definition) is 5. The van der Waals surface area contributed by atoms with E-state index < -0.39 is 28.5 Å². The minimum absolute atomic E-state index is 0.0853. The minimum atomic E-state index is -4.12. The monoisotopic (exact) mass is 591 g/mol. The Labute approximate surface area is 249 Å². The zero-order valence-corrected chi connectivity index (χ0v) is 25.9. The first kappa shape index (κ1) is 31.1. The van der Waals surface area contributed by atoms with Crippen molar-refractivity contribution in [1.82, 2.24) is 10.2 Å². The number of ether oxygens (including phenoxy) is 1. The molecule has 0 aromatic heterocycles. The summed E-state index contributed by atoms with van der Waals surface area (Å²) < 4.78 is 34.7. The van der Waals surface area contributed by atoms with Crippen molar-refractivity contribution in [1.29, 1.82) is 0 Å². The van der Waals surface area contributed by atoms with Crippen molar-refractivity contribution in [2.75, 3.05) is 18.0 Å². The van der Waals surface area contributed by atoms with Gasteiger partial charge in [0.1, 0.15) is 18.3 Å². The number of benzene rings is 3. The number of carbonyl (C=O) groups is 2. The SMILES string of the molecule is COc1cccc(CN(C(=O)CN(c2cccc(C)c2C)S(=O)(=O)c2ccc(C)cc2)C(C)C(=O)NC2CCCC2)c1. The Morgan fingerprint density at radius 1 is 0.976 bits per heavy atom. The van der Waals surface area contributed by atoms with E-state index >= 15 is 0 Å². The van der Waals surface area contributed by atoms with Gasteiger partial charge in [0, 0.05) is 12.6 Å². The molecule has 0 heterocycles. The number of nitrogens with one attached hydrogen (secondary N) is 1. The third-order valence-electron chi connectivity index (χ3n) is 8.09. The summed E-state index contributed by atoms with van der Waals surface area (Å²) in [5, 5.41) is 3.10. The van der Waals surface area contributed by atoms with Gasteiger partial charge < -0.3 is 15.0 Å². The van der Waals surface area contributed by atoms with Gasteiger partial charge in [0.15, 0.2) is 0 Å². The molecule has 1 aliphatic rings. The highest BCUT2D eigenvalue weighted by Crippen LogP contribution is 2.29. The maximum absolute atomic E-state index is 14.2. The molecule has 0 aliphatic heterocycles. The largest absolute Gasteiger partial charge is 0.497 e. The van der Waals surface area contributed by atoms with Gasteiger partial charge in [-0.1, -0.05) is 54.8 Å². The third-order valence-corrected chi connectivity index (χ3v) is 9.86. The molecule has 1 saturated carbocycles. The van der Waals surface area contributed by atoms with Crippen molar-refractivity contribution in [3.8, 4) is 5.75 Å². The van der Waals surface area contributed by atoms with E-state index in [1.54, 1.807) is 50.4 Å². The number of hydrogen-bond donors (Lipinski definition) is 1. The molecule has 1 unspecified atom stereocenters. The average Bonchev–Trinajstić information content (AvgIpc) is 3.49. The molecule has 3 aromatic carbocycles. The van der Waals surface area contributed by atoms with Crippen LogP contribution >= 0.6 is 0 Å². The maximum atomic E-state index is 14.2. The summed E-state index contributed by atoms with van der Waals surface area (Å²) >= 11 is 0. The van der Waals surface area contributed by atoms with Crippen LogP contribution in [-0.2, 0) is 26.2 Å². The first-order valence-electron chi connectivity index (χ1n) is 14.4. The van der Waals surface area contributed by atoms with Crippen molar-refractivity contribution in [2.24, 2.45) is 0 Å². The van der Waals surface area contributed by atoms with E-state index in [-0.39, 0.29) is 23.4 Å². The van der Waals surface area contributed by atoms with Gasteiger partial charge in [0.05, 0.1) is 17.7 Å². The van der Waals surface area contributed by atoms with Crippen LogP contribution in [0.4, 0.5) is 5.69 Å². The molecule has 8 nitrogen and oxygen atoms in total. The molecule has 9 heteroatoms. The Kier molecular flexibility index (Phi) is 9.93. The Balaban J connectivity index is 1.72. The Morgan fingerprint density at radius 2 is 1.64 bits per heavy atom. The van der Waals surface area contributed by atoms with Gasteiger partial charge in [0.25, 0.3) is 10.0 Å². The molecule has 1 atom stereocenters. The summed E-state index contributed by atoms with van der Waals surface area (Å²) in [4.78, 5) is 29.2. The zero-order chi connectivity index (χ0) is 30.4.